The number of hydrogen-bond donors (Lipinski definition) is 2. The molecule has 1 aromatic carbocycles. The molecule has 0 spiro atoms. The van der Waals surface area contributed by atoms with Crippen LogP contribution in [0.15, 0.2) is 30.5 Å². The maximum atomic E-state index is 11.8. The van der Waals surface area contributed by atoms with Gasteiger partial charge in [0.25, 0.3) is 0 Å². The van der Waals surface area contributed by atoms with E-state index in [1.54, 1.807) is 12.3 Å². The van der Waals surface area contributed by atoms with Crippen LogP contribution in [-0.2, 0) is 0 Å². The molecule has 108 valence electrons. The second-order valence-corrected chi connectivity index (χ2v) is 5.57. The van der Waals surface area contributed by atoms with Gasteiger partial charge in [0, 0.05) is 17.3 Å². The lowest BCUT2D eigenvalue weighted by molar-refractivity contribution is 0.239. The summed E-state index contributed by atoms with van der Waals surface area (Å²) in [5, 5.41) is 6.44. The lowest BCUT2D eigenvalue weighted by atomic mass is 10.1. The quantitative estimate of drug-likeness (QED) is 0.800. The van der Waals surface area contributed by atoms with Crippen LogP contribution < -0.4 is 10.6 Å². The van der Waals surface area contributed by atoms with E-state index in [2.05, 4.69) is 10.6 Å². The van der Waals surface area contributed by atoms with Crippen molar-refractivity contribution in [1.29, 1.82) is 0 Å². The van der Waals surface area contributed by atoms with E-state index >= 15 is 0 Å². The summed E-state index contributed by atoms with van der Waals surface area (Å²) in [4.78, 5) is 11.8. The Morgan fingerprint density at radius 2 is 1.85 bits per heavy atom. The third-order valence-electron chi connectivity index (χ3n) is 3.57. The van der Waals surface area contributed by atoms with Gasteiger partial charge < -0.3 is 10.6 Å². The smallest absolute Gasteiger partial charge is 0.318 e. The molecule has 0 aliphatic heterocycles. The monoisotopic (exact) mass is 292 g/mol. The molecule has 1 aliphatic carbocycles. The van der Waals surface area contributed by atoms with Gasteiger partial charge in [-0.15, -0.1) is 0 Å². The van der Waals surface area contributed by atoms with Crippen LogP contribution in [-0.4, -0.2) is 12.1 Å². The second-order valence-electron chi connectivity index (χ2n) is 5.16. The van der Waals surface area contributed by atoms with Crippen molar-refractivity contribution in [3.63, 3.8) is 0 Å². The van der Waals surface area contributed by atoms with Gasteiger partial charge in [0.2, 0.25) is 0 Å². The molecule has 4 heteroatoms. The van der Waals surface area contributed by atoms with Crippen LogP contribution in [0.3, 0.4) is 0 Å². The average molecular weight is 293 g/mol. The Bertz CT molecular complexity index is 465. The molecule has 0 aromatic heterocycles. The first-order valence-electron chi connectivity index (χ1n) is 7.24. The van der Waals surface area contributed by atoms with Gasteiger partial charge in [-0.3, -0.25) is 0 Å². The van der Waals surface area contributed by atoms with Crippen molar-refractivity contribution >= 4 is 23.7 Å². The number of carbonyl (C=O) groups is 1. The molecule has 0 saturated heterocycles. The Kier molecular flexibility index (Phi) is 5.93. The highest BCUT2D eigenvalue weighted by Gasteiger charge is 2.13. The first kappa shape index (κ1) is 14.9. The Labute approximate surface area is 125 Å². The average Bonchev–Trinajstić information content (AvgIpc) is 2.69. The maximum absolute atomic E-state index is 11.8. The zero-order valence-corrected chi connectivity index (χ0v) is 12.3. The number of benzene rings is 1. The fourth-order valence-corrected chi connectivity index (χ4v) is 2.67. The van der Waals surface area contributed by atoms with Crippen LogP contribution >= 0.6 is 11.6 Å². The van der Waals surface area contributed by atoms with E-state index < -0.39 is 0 Å². The van der Waals surface area contributed by atoms with Crippen molar-refractivity contribution in [3.05, 3.63) is 41.1 Å². The standard InChI is InChI=1S/C16H21ClN2O/c17-15-10-6-5-7-13(15)11-12-18-16(20)19-14-8-3-1-2-4-9-14/h5-7,10-12,14H,1-4,8-9H2,(H2,18,19,20)/b12-11+. The zero-order chi connectivity index (χ0) is 14.2. The summed E-state index contributed by atoms with van der Waals surface area (Å²) < 4.78 is 0. The molecule has 0 atom stereocenters. The highest BCUT2D eigenvalue weighted by Crippen LogP contribution is 2.17. The lowest BCUT2D eigenvalue weighted by Gasteiger charge is -2.15. The van der Waals surface area contributed by atoms with Gasteiger partial charge in [0.05, 0.1) is 0 Å². The molecule has 1 saturated carbocycles. The van der Waals surface area contributed by atoms with Crippen molar-refractivity contribution in [1.82, 2.24) is 10.6 Å². The first-order chi connectivity index (χ1) is 9.75. The van der Waals surface area contributed by atoms with Crippen molar-refractivity contribution in [2.75, 3.05) is 0 Å². The van der Waals surface area contributed by atoms with E-state index in [9.17, 15) is 4.79 Å². The molecule has 3 nitrogen and oxygen atoms in total. The minimum Gasteiger partial charge on any atom is -0.335 e. The van der Waals surface area contributed by atoms with Gasteiger partial charge in [0.1, 0.15) is 0 Å². The van der Waals surface area contributed by atoms with Crippen LogP contribution in [0.25, 0.3) is 6.08 Å². The molecule has 0 heterocycles. The molecule has 2 rings (SSSR count). The SMILES string of the molecule is O=C(N/C=C/c1ccccc1Cl)NC1CCCCCC1. The molecule has 0 radical (unpaired) electrons. The molecular weight excluding hydrogens is 272 g/mol. The normalized spacial score (nSPS) is 16.9. The minimum absolute atomic E-state index is 0.139. The summed E-state index contributed by atoms with van der Waals surface area (Å²) in [6.45, 7) is 0. The number of hydrogen-bond acceptors (Lipinski definition) is 1. The fourth-order valence-electron chi connectivity index (χ4n) is 2.47. The molecule has 1 fully saturated rings. The van der Waals surface area contributed by atoms with E-state index in [-0.39, 0.29) is 6.03 Å². The molecule has 0 bridgehead atoms. The summed E-state index contributed by atoms with van der Waals surface area (Å²) in [5.74, 6) is 0. The number of nitrogens with one attached hydrogen (secondary N) is 2. The largest absolute Gasteiger partial charge is 0.335 e. The van der Waals surface area contributed by atoms with Crippen LogP contribution in [0.4, 0.5) is 4.79 Å². The number of halogens is 1. The molecular formula is C16H21ClN2O. The Balaban J connectivity index is 1.78. The zero-order valence-electron chi connectivity index (χ0n) is 11.6. The molecule has 2 amide bonds. The lowest BCUT2D eigenvalue weighted by Crippen LogP contribution is -2.39. The van der Waals surface area contributed by atoms with Gasteiger partial charge in [-0.2, -0.15) is 0 Å². The fraction of sp³-hybridized carbons (Fsp3) is 0.438. The van der Waals surface area contributed by atoms with E-state index in [1.165, 1.54) is 25.7 Å². The van der Waals surface area contributed by atoms with Crippen LogP contribution in [0.5, 0.6) is 0 Å². The van der Waals surface area contributed by atoms with Crippen molar-refractivity contribution < 1.29 is 4.79 Å². The van der Waals surface area contributed by atoms with E-state index in [0.717, 1.165) is 18.4 Å². The van der Waals surface area contributed by atoms with E-state index in [0.29, 0.717) is 11.1 Å². The topological polar surface area (TPSA) is 41.1 Å². The summed E-state index contributed by atoms with van der Waals surface area (Å²) in [7, 11) is 0. The predicted octanol–water partition coefficient (Wildman–Crippen LogP) is 4.33. The number of carbonyl (C=O) groups excluding carboxylic acids is 1. The third kappa shape index (κ3) is 4.89. The number of urea groups is 1. The Morgan fingerprint density at radius 3 is 2.55 bits per heavy atom. The van der Waals surface area contributed by atoms with E-state index in [4.69, 9.17) is 11.6 Å². The molecule has 2 N–H and O–H groups in total. The predicted molar refractivity (Wildman–Crippen MR) is 83.6 cm³/mol. The first-order valence-corrected chi connectivity index (χ1v) is 7.61. The Hall–Kier alpha value is -1.48. The van der Waals surface area contributed by atoms with E-state index in [1.807, 2.05) is 24.3 Å². The van der Waals surface area contributed by atoms with Gasteiger partial charge in [-0.05, 0) is 30.5 Å². The van der Waals surface area contributed by atoms with Gasteiger partial charge >= 0.3 is 6.03 Å². The van der Waals surface area contributed by atoms with Crippen molar-refractivity contribution in [2.24, 2.45) is 0 Å². The summed E-state index contributed by atoms with van der Waals surface area (Å²) >= 11 is 6.03. The van der Waals surface area contributed by atoms with Gasteiger partial charge in [-0.25, -0.2) is 4.79 Å². The van der Waals surface area contributed by atoms with Crippen LogP contribution in [0, 0.1) is 0 Å². The highest BCUT2D eigenvalue weighted by molar-refractivity contribution is 6.32. The Morgan fingerprint density at radius 1 is 1.15 bits per heavy atom. The number of amides is 2. The van der Waals surface area contributed by atoms with Crippen molar-refractivity contribution in [3.8, 4) is 0 Å². The molecule has 0 unspecified atom stereocenters. The number of rotatable bonds is 3. The summed E-state index contributed by atoms with van der Waals surface area (Å²) in [6.07, 6.45) is 10.6. The highest BCUT2D eigenvalue weighted by atomic mass is 35.5. The van der Waals surface area contributed by atoms with Crippen LogP contribution in [0.2, 0.25) is 5.02 Å². The summed E-state index contributed by atoms with van der Waals surface area (Å²) in [5.41, 5.74) is 0.893. The molecule has 1 aliphatic rings. The van der Waals surface area contributed by atoms with Gasteiger partial charge in [0.15, 0.2) is 0 Å². The molecule has 1 aromatic rings. The van der Waals surface area contributed by atoms with Crippen LogP contribution in [0.1, 0.15) is 44.1 Å². The van der Waals surface area contributed by atoms with Crippen molar-refractivity contribution in [2.45, 2.75) is 44.6 Å². The summed E-state index contributed by atoms with van der Waals surface area (Å²) in [6, 6.07) is 7.70. The minimum atomic E-state index is -0.139. The maximum Gasteiger partial charge on any atom is 0.318 e. The van der Waals surface area contributed by atoms with Gasteiger partial charge in [-0.1, -0.05) is 55.5 Å². The third-order valence-corrected chi connectivity index (χ3v) is 3.92. The molecule has 20 heavy (non-hydrogen) atoms. The second kappa shape index (κ2) is 7.95.